The van der Waals surface area contributed by atoms with Crippen LogP contribution >= 0.6 is 0 Å². The number of nitrogens with zero attached hydrogens (tertiary/aromatic N) is 5. The summed E-state index contributed by atoms with van der Waals surface area (Å²) in [6.45, 7) is 1.86. The van der Waals surface area contributed by atoms with Crippen molar-refractivity contribution in [2.75, 3.05) is 5.32 Å². The lowest BCUT2D eigenvalue weighted by atomic mass is 10.1. The van der Waals surface area contributed by atoms with E-state index in [0.29, 0.717) is 17.9 Å². The number of carbonyl (C=O) groups is 1. The molecule has 1 N–H and O–H groups in total. The first-order chi connectivity index (χ1) is 10.7. The highest BCUT2D eigenvalue weighted by atomic mass is 16.2. The van der Waals surface area contributed by atoms with E-state index < -0.39 is 5.91 Å². The zero-order valence-electron chi connectivity index (χ0n) is 11.8. The summed E-state index contributed by atoms with van der Waals surface area (Å²) in [5.74, 6) is 0.0374. The van der Waals surface area contributed by atoms with E-state index in [1.54, 1.807) is 36.5 Å². The lowest BCUT2D eigenvalue weighted by Gasteiger charge is -2.02. The van der Waals surface area contributed by atoms with Gasteiger partial charge in [0.1, 0.15) is 0 Å². The van der Waals surface area contributed by atoms with Crippen molar-refractivity contribution in [3.63, 3.8) is 0 Å². The molecule has 7 heteroatoms. The van der Waals surface area contributed by atoms with E-state index in [9.17, 15) is 4.79 Å². The highest BCUT2D eigenvalue weighted by Gasteiger charge is 2.14. The van der Waals surface area contributed by atoms with Crippen LogP contribution in [0.3, 0.4) is 0 Å². The summed E-state index contributed by atoms with van der Waals surface area (Å²) in [6.07, 6.45) is 1.96. The number of fused-ring (bicyclic) bond motifs is 1. The van der Waals surface area contributed by atoms with Crippen LogP contribution in [0.2, 0.25) is 0 Å². The molecule has 2 heterocycles. The van der Waals surface area contributed by atoms with E-state index in [4.69, 9.17) is 5.26 Å². The molecule has 0 fully saturated rings. The molecule has 0 saturated heterocycles. The van der Waals surface area contributed by atoms with Gasteiger partial charge >= 0.3 is 0 Å². The normalized spacial score (nSPS) is 10.4. The highest BCUT2D eigenvalue weighted by molar-refractivity contribution is 6.01. The number of anilines is 1. The van der Waals surface area contributed by atoms with Gasteiger partial charge in [0.25, 0.3) is 11.7 Å². The van der Waals surface area contributed by atoms with Gasteiger partial charge in [0.15, 0.2) is 0 Å². The number of benzene rings is 1. The Morgan fingerprint density at radius 2 is 2.09 bits per heavy atom. The van der Waals surface area contributed by atoms with Crippen molar-refractivity contribution in [2.45, 2.75) is 13.3 Å². The Hall–Kier alpha value is -3.27. The number of carbonyl (C=O) groups excluding carboxylic acids is 1. The summed E-state index contributed by atoms with van der Waals surface area (Å²) in [7, 11) is 0. The van der Waals surface area contributed by atoms with Crippen molar-refractivity contribution in [1.29, 1.82) is 5.26 Å². The van der Waals surface area contributed by atoms with Crippen LogP contribution in [0.1, 0.15) is 21.9 Å². The summed E-state index contributed by atoms with van der Waals surface area (Å²) < 4.78 is 1.52. The van der Waals surface area contributed by atoms with Gasteiger partial charge in [-0.1, -0.05) is 12.1 Å². The summed E-state index contributed by atoms with van der Waals surface area (Å²) >= 11 is 0. The number of nitrogens with one attached hydrogen (secondary N) is 1. The molecule has 0 aliphatic heterocycles. The SMILES string of the molecule is Cc1ccnc2nc(C(=O)Nc3ccc(CC#N)cc3)nn12. The van der Waals surface area contributed by atoms with Gasteiger partial charge in [0, 0.05) is 17.6 Å². The van der Waals surface area contributed by atoms with Crippen molar-refractivity contribution in [3.8, 4) is 6.07 Å². The molecule has 0 atom stereocenters. The molecule has 7 nitrogen and oxygen atoms in total. The van der Waals surface area contributed by atoms with Crippen molar-refractivity contribution in [1.82, 2.24) is 19.6 Å². The molecule has 0 radical (unpaired) electrons. The zero-order chi connectivity index (χ0) is 15.5. The molecule has 3 rings (SSSR count). The molecule has 2 aromatic heterocycles. The average molecular weight is 292 g/mol. The fraction of sp³-hybridized carbons (Fsp3) is 0.133. The second-order valence-corrected chi connectivity index (χ2v) is 4.72. The number of aromatic nitrogens is 4. The molecule has 1 amide bonds. The minimum absolute atomic E-state index is 0.0582. The molecule has 22 heavy (non-hydrogen) atoms. The van der Waals surface area contributed by atoms with Crippen LogP contribution in [0, 0.1) is 18.3 Å². The maximum Gasteiger partial charge on any atom is 0.295 e. The van der Waals surface area contributed by atoms with Crippen molar-refractivity contribution < 1.29 is 4.79 Å². The predicted molar refractivity (Wildman–Crippen MR) is 79.2 cm³/mol. The Morgan fingerprint density at radius 1 is 1.32 bits per heavy atom. The third-order valence-corrected chi connectivity index (χ3v) is 3.13. The largest absolute Gasteiger partial charge is 0.319 e. The molecular weight excluding hydrogens is 280 g/mol. The first-order valence-corrected chi connectivity index (χ1v) is 6.63. The van der Waals surface area contributed by atoms with Gasteiger partial charge in [-0.15, -0.1) is 5.10 Å². The summed E-state index contributed by atoms with van der Waals surface area (Å²) in [5.41, 5.74) is 2.36. The second kappa shape index (κ2) is 5.61. The van der Waals surface area contributed by atoms with Gasteiger partial charge in [-0.25, -0.2) is 9.50 Å². The molecular formula is C15H12N6O. The molecule has 0 bridgehead atoms. The van der Waals surface area contributed by atoms with Crippen LogP contribution < -0.4 is 5.32 Å². The van der Waals surface area contributed by atoms with E-state index in [2.05, 4.69) is 26.5 Å². The number of nitriles is 1. The van der Waals surface area contributed by atoms with E-state index in [-0.39, 0.29) is 5.82 Å². The summed E-state index contributed by atoms with van der Waals surface area (Å²) in [5, 5.41) is 15.5. The van der Waals surface area contributed by atoms with Crippen molar-refractivity contribution in [2.24, 2.45) is 0 Å². The average Bonchev–Trinajstić information content (AvgIpc) is 2.95. The van der Waals surface area contributed by atoms with Crippen LogP contribution in [0.15, 0.2) is 36.5 Å². The quantitative estimate of drug-likeness (QED) is 0.793. The third-order valence-electron chi connectivity index (χ3n) is 3.13. The van der Waals surface area contributed by atoms with Crippen molar-refractivity contribution in [3.05, 3.63) is 53.6 Å². The van der Waals surface area contributed by atoms with Crippen LogP contribution in [0.4, 0.5) is 5.69 Å². The number of amides is 1. The standard InChI is InChI=1S/C15H12N6O/c1-10-7-9-17-15-19-13(20-21(10)15)14(22)18-12-4-2-11(3-5-12)6-8-16/h2-5,7,9H,6H2,1H3,(H,18,22). The molecule has 0 spiro atoms. The van der Waals surface area contributed by atoms with Gasteiger partial charge in [-0.05, 0) is 30.7 Å². The van der Waals surface area contributed by atoms with Crippen LogP contribution in [0.5, 0.6) is 0 Å². The molecule has 1 aromatic carbocycles. The van der Waals surface area contributed by atoms with E-state index in [0.717, 1.165) is 11.3 Å². The molecule has 3 aromatic rings. The first kappa shape index (κ1) is 13.7. The Kier molecular flexibility index (Phi) is 3.50. The third kappa shape index (κ3) is 2.62. The number of rotatable bonds is 3. The molecule has 0 saturated carbocycles. The lowest BCUT2D eigenvalue weighted by Crippen LogP contribution is -2.14. The van der Waals surface area contributed by atoms with Crippen LogP contribution in [-0.2, 0) is 6.42 Å². The van der Waals surface area contributed by atoms with Crippen molar-refractivity contribution >= 4 is 17.4 Å². The Bertz CT molecular complexity index is 875. The first-order valence-electron chi connectivity index (χ1n) is 6.63. The maximum absolute atomic E-state index is 12.2. The van der Waals surface area contributed by atoms with Crippen LogP contribution in [0.25, 0.3) is 5.78 Å². The monoisotopic (exact) mass is 292 g/mol. The number of hydrogen-bond donors (Lipinski definition) is 1. The fourth-order valence-corrected chi connectivity index (χ4v) is 1.99. The molecule has 108 valence electrons. The zero-order valence-corrected chi connectivity index (χ0v) is 11.8. The van der Waals surface area contributed by atoms with E-state index in [1.807, 2.05) is 6.92 Å². The van der Waals surface area contributed by atoms with Gasteiger partial charge < -0.3 is 5.32 Å². The smallest absolute Gasteiger partial charge is 0.295 e. The maximum atomic E-state index is 12.2. The van der Waals surface area contributed by atoms with Crippen LogP contribution in [-0.4, -0.2) is 25.5 Å². The summed E-state index contributed by atoms with van der Waals surface area (Å²) in [4.78, 5) is 20.3. The minimum Gasteiger partial charge on any atom is -0.319 e. The number of aryl methyl sites for hydroxylation is 1. The Balaban J connectivity index is 1.81. The fourth-order valence-electron chi connectivity index (χ4n) is 1.99. The Morgan fingerprint density at radius 3 is 2.77 bits per heavy atom. The number of hydrogen-bond acceptors (Lipinski definition) is 5. The predicted octanol–water partition coefficient (Wildman–Crippen LogP) is 1.75. The highest BCUT2D eigenvalue weighted by Crippen LogP contribution is 2.11. The van der Waals surface area contributed by atoms with Gasteiger partial charge in [-0.3, -0.25) is 4.79 Å². The second-order valence-electron chi connectivity index (χ2n) is 4.72. The lowest BCUT2D eigenvalue weighted by molar-refractivity contribution is 0.101. The molecule has 0 aliphatic carbocycles. The van der Waals surface area contributed by atoms with Gasteiger partial charge in [0.2, 0.25) is 5.82 Å². The topological polar surface area (TPSA) is 96.0 Å². The Labute approximate surface area is 126 Å². The van der Waals surface area contributed by atoms with E-state index >= 15 is 0 Å². The molecule has 0 unspecified atom stereocenters. The van der Waals surface area contributed by atoms with Gasteiger partial charge in [0.05, 0.1) is 12.5 Å². The van der Waals surface area contributed by atoms with Gasteiger partial charge in [-0.2, -0.15) is 10.2 Å². The van der Waals surface area contributed by atoms with E-state index in [1.165, 1.54) is 4.52 Å². The summed E-state index contributed by atoms with van der Waals surface area (Å²) in [6, 6.07) is 10.9. The minimum atomic E-state index is -0.405. The molecule has 0 aliphatic rings.